The lowest BCUT2D eigenvalue weighted by molar-refractivity contribution is -0.143. The maximum absolute atomic E-state index is 13.1. The number of amides is 2. The molecule has 2 aliphatic heterocycles. The van der Waals surface area contributed by atoms with Crippen LogP contribution in [0.4, 0.5) is 5.69 Å². The summed E-state index contributed by atoms with van der Waals surface area (Å²) in [5.41, 5.74) is 3.59. The first-order chi connectivity index (χ1) is 15.5. The number of ketones is 1. The molecule has 0 unspecified atom stereocenters. The van der Waals surface area contributed by atoms with Gasteiger partial charge in [0.1, 0.15) is 6.61 Å². The number of fused-ring (bicyclic) bond motifs is 2. The number of hydrogen-bond donors (Lipinski definition) is 0. The first-order valence-electron chi connectivity index (χ1n) is 10.4. The van der Waals surface area contributed by atoms with Gasteiger partial charge in [-0.15, -0.1) is 0 Å². The molecule has 7 heteroatoms. The van der Waals surface area contributed by atoms with Gasteiger partial charge in [-0.1, -0.05) is 30.3 Å². The number of Topliss-reactive ketones (excluding diaryl/α,β-unsaturated/α-hetero) is 1. The van der Waals surface area contributed by atoms with Crippen molar-refractivity contribution in [2.75, 3.05) is 24.7 Å². The van der Waals surface area contributed by atoms with Gasteiger partial charge >= 0.3 is 0 Å². The van der Waals surface area contributed by atoms with Crippen molar-refractivity contribution in [1.82, 2.24) is 9.88 Å². The van der Waals surface area contributed by atoms with E-state index >= 15 is 0 Å². The molecule has 0 N–H and O–H groups in total. The molecule has 1 saturated heterocycles. The highest BCUT2D eigenvalue weighted by Crippen LogP contribution is 2.35. The zero-order valence-electron chi connectivity index (χ0n) is 17.6. The summed E-state index contributed by atoms with van der Waals surface area (Å²) in [6, 6.07) is 16.6. The summed E-state index contributed by atoms with van der Waals surface area (Å²) in [5, 5.41) is 0.943. The quantitative estimate of drug-likeness (QED) is 0.600. The average Bonchev–Trinajstić information content (AvgIpc) is 3.07. The number of anilines is 1. The maximum atomic E-state index is 13.1. The van der Waals surface area contributed by atoms with E-state index in [9.17, 15) is 14.4 Å². The summed E-state index contributed by atoms with van der Waals surface area (Å²) in [6.07, 6.45) is 1.65. The highest BCUT2D eigenvalue weighted by atomic mass is 16.5. The molecule has 160 valence electrons. The number of allylic oxidation sites excluding steroid dienone is 1. The van der Waals surface area contributed by atoms with E-state index in [2.05, 4.69) is 0 Å². The monoisotopic (exact) mass is 427 g/mol. The van der Waals surface area contributed by atoms with E-state index in [4.69, 9.17) is 9.72 Å². The van der Waals surface area contributed by atoms with Crippen molar-refractivity contribution in [2.45, 2.75) is 13.5 Å². The van der Waals surface area contributed by atoms with Crippen molar-refractivity contribution in [3.05, 3.63) is 77.1 Å². The first-order valence-corrected chi connectivity index (χ1v) is 10.4. The number of benzene rings is 2. The van der Waals surface area contributed by atoms with Crippen LogP contribution in [0.3, 0.4) is 0 Å². The van der Waals surface area contributed by atoms with Gasteiger partial charge in [0.25, 0.3) is 0 Å². The minimum Gasteiger partial charge on any atom is -0.370 e. The van der Waals surface area contributed by atoms with Gasteiger partial charge in [-0.25, -0.2) is 4.98 Å². The molecule has 3 heterocycles. The third-order valence-electron chi connectivity index (χ3n) is 5.73. The number of aromatic nitrogens is 1. The number of ether oxygens (including phenoxy) is 1. The number of carbonyl (C=O) groups is 3. The van der Waals surface area contributed by atoms with Gasteiger partial charge in [0.2, 0.25) is 17.6 Å². The summed E-state index contributed by atoms with van der Waals surface area (Å²) < 4.78 is 5.24. The highest BCUT2D eigenvalue weighted by Gasteiger charge is 2.34. The molecule has 2 aliphatic rings. The second kappa shape index (κ2) is 8.01. The number of para-hydroxylation sites is 2. The van der Waals surface area contributed by atoms with Crippen molar-refractivity contribution in [2.24, 2.45) is 0 Å². The molecule has 32 heavy (non-hydrogen) atoms. The SMILES string of the molecule is CC(=O)N1C(=Cc2cc(CN3CCOCC3=O)c3ccccc3n2)C(=O)c2ccccc21. The predicted octanol–water partition coefficient (Wildman–Crippen LogP) is 3.18. The second-order valence-electron chi connectivity index (χ2n) is 7.82. The van der Waals surface area contributed by atoms with Crippen LogP contribution in [0, 0.1) is 0 Å². The summed E-state index contributed by atoms with van der Waals surface area (Å²) in [7, 11) is 0. The average molecular weight is 427 g/mol. The summed E-state index contributed by atoms with van der Waals surface area (Å²) in [5.74, 6) is -0.508. The Morgan fingerprint density at radius 1 is 1.12 bits per heavy atom. The molecule has 0 radical (unpaired) electrons. The Kier molecular flexibility index (Phi) is 5.03. The Balaban J connectivity index is 1.60. The van der Waals surface area contributed by atoms with E-state index in [-0.39, 0.29) is 29.9 Å². The van der Waals surface area contributed by atoms with Gasteiger partial charge in [0, 0.05) is 31.0 Å². The lowest BCUT2D eigenvalue weighted by Gasteiger charge is -2.27. The Hall–Kier alpha value is -3.84. The van der Waals surface area contributed by atoms with E-state index in [1.807, 2.05) is 30.3 Å². The number of nitrogens with zero attached hydrogens (tertiary/aromatic N) is 3. The van der Waals surface area contributed by atoms with E-state index < -0.39 is 0 Å². The Labute approximate surface area is 184 Å². The van der Waals surface area contributed by atoms with Gasteiger partial charge < -0.3 is 9.64 Å². The Bertz CT molecular complexity index is 1300. The summed E-state index contributed by atoms with van der Waals surface area (Å²) >= 11 is 0. The summed E-state index contributed by atoms with van der Waals surface area (Å²) in [6.45, 7) is 2.97. The molecule has 0 spiro atoms. The second-order valence-corrected chi connectivity index (χ2v) is 7.82. The largest absolute Gasteiger partial charge is 0.370 e. The number of pyridine rings is 1. The topological polar surface area (TPSA) is 79.8 Å². The molecule has 0 aliphatic carbocycles. The third kappa shape index (κ3) is 3.46. The van der Waals surface area contributed by atoms with Crippen LogP contribution in [0.15, 0.2) is 60.3 Å². The van der Waals surface area contributed by atoms with E-state index in [0.717, 1.165) is 16.5 Å². The van der Waals surface area contributed by atoms with E-state index in [0.29, 0.717) is 36.6 Å². The zero-order valence-corrected chi connectivity index (χ0v) is 17.6. The van der Waals surface area contributed by atoms with Crippen LogP contribution in [0.5, 0.6) is 0 Å². The van der Waals surface area contributed by atoms with Crippen LogP contribution in [-0.4, -0.2) is 47.2 Å². The molecule has 2 aromatic carbocycles. The fourth-order valence-electron chi connectivity index (χ4n) is 4.24. The minimum absolute atomic E-state index is 0.0544. The standard InChI is InChI=1S/C25H21N3O4/c1-16(29)28-22-9-5-3-7-20(22)25(31)23(28)13-18-12-17(14-27-10-11-32-15-24(27)30)19-6-2-4-8-21(19)26-18/h2-9,12-13H,10-11,14-15H2,1H3. The van der Waals surface area contributed by atoms with Gasteiger partial charge in [-0.3, -0.25) is 19.3 Å². The minimum atomic E-state index is -0.241. The van der Waals surface area contributed by atoms with Crippen LogP contribution in [-0.2, 0) is 20.9 Å². The Morgan fingerprint density at radius 3 is 2.72 bits per heavy atom. The Morgan fingerprint density at radius 2 is 1.91 bits per heavy atom. The highest BCUT2D eigenvalue weighted by molar-refractivity contribution is 6.26. The zero-order chi connectivity index (χ0) is 22.2. The molecular formula is C25H21N3O4. The number of hydrogen-bond acceptors (Lipinski definition) is 5. The van der Waals surface area contributed by atoms with Gasteiger partial charge in [0.15, 0.2) is 0 Å². The normalized spacial score (nSPS) is 17.3. The van der Waals surface area contributed by atoms with Gasteiger partial charge in [0.05, 0.1) is 29.2 Å². The van der Waals surface area contributed by atoms with Crippen molar-refractivity contribution < 1.29 is 19.1 Å². The number of rotatable bonds is 3. The lowest BCUT2D eigenvalue weighted by Crippen LogP contribution is -2.41. The van der Waals surface area contributed by atoms with Crippen molar-refractivity contribution in [1.29, 1.82) is 0 Å². The predicted molar refractivity (Wildman–Crippen MR) is 120 cm³/mol. The fourth-order valence-corrected chi connectivity index (χ4v) is 4.24. The third-order valence-corrected chi connectivity index (χ3v) is 5.73. The van der Waals surface area contributed by atoms with Crippen LogP contribution in [0.1, 0.15) is 28.5 Å². The van der Waals surface area contributed by atoms with Crippen LogP contribution >= 0.6 is 0 Å². The van der Waals surface area contributed by atoms with Crippen molar-refractivity contribution >= 4 is 40.3 Å². The molecule has 0 bridgehead atoms. The van der Waals surface area contributed by atoms with Gasteiger partial charge in [-0.05, 0) is 35.9 Å². The molecule has 5 rings (SSSR count). The van der Waals surface area contributed by atoms with E-state index in [1.54, 1.807) is 35.2 Å². The first kappa shape index (κ1) is 20.1. The van der Waals surface area contributed by atoms with Crippen molar-refractivity contribution in [3.63, 3.8) is 0 Å². The van der Waals surface area contributed by atoms with Crippen LogP contribution < -0.4 is 4.90 Å². The fraction of sp³-hybridized carbons (Fsp3) is 0.200. The smallest absolute Gasteiger partial charge is 0.248 e. The van der Waals surface area contributed by atoms with Gasteiger partial charge in [-0.2, -0.15) is 0 Å². The molecule has 2 amide bonds. The maximum Gasteiger partial charge on any atom is 0.248 e. The van der Waals surface area contributed by atoms with Crippen LogP contribution in [0.25, 0.3) is 17.0 Å². The summed E-state index contributed by atoms with van der Waals surface area (Å²) in [4.78, 5) is 45.6. The molecule has 0 saturated carbocycles. The lowest BCUT2D eigenvalue weighted by atomic mass is 10.1. The molecular weight excluding hydrogens is 406 g/mol. The van der Waals surface area contributed by atoms with E-state index in [1.165, 1.54) is 11.8 Å². The molecule has 3 aromatic rings. The molecule has 1 fully saturated rings. The number of morpholine rings is 1. The number of carbonyl (C=O) groups excluding carboxylic acids is 3. The molecule has 0 atom stereocenters. The molecule has 1 aromatic heterocycles. The molecule has 7 nitrogen and oxygen atoms in total. The van der Waals surface area contributed by atoms with Crippen molar-refractivity contribution in [3.8, 4) is 0 Å². The van der Waals surface area contributed by atoms with Crippen LogP contribution in [0.2, 0.25) is 0 Å².